The Morgan fingerprint density at radius 3 is 2.74 bits per heavy atom. The molecular weight excluding hydrogens is 340 g/mol. The van der Waals surface area contributed by atoms with Gasteiger partial charge in [-0.1, -0.05) is 45.3 Å². The second-order valence-electron chi connectivity index (χ2n) is 7.30. The third kappa shape index (κ3) is 6.69. The van der Waals surface area contributed by atoms with Crippen LogP contribution in [-0.2, 0) is 11.2 Å². The predicted octanol–water partition coefficient (Wildman–Crippen LogP) is 5.61. The maximum Gasteiger partial charge on any atom is 0.163 e. The van der Waals surface area contributed by atoms with Crippen molar-refractivity contribution in [1.82, 2.24) is 0 Å². The summed E-state index contributed by atoms with van der Waals surface area (Å²) in [5.41, 5.74) is 1.12. The molecule has 1 saturated heterocycles. The third-order valence-electron chi connectivity index (χ3n) is 4.93. The number of Topliss-reactive ketones (excluding diaryl/α,β-unsaturated/α-hetero) is 1. The van der Waals surface area contributed by atoms with Crippen LogP contribution in [0, 0.1) is 0 Å². The van der Waals surface area contributed by atoms with E-state index in [4.69, 9.17) is 9.47 Å². The summed E-state index contributed by atoms with van der Waals surface area (Å²) in [5.74, 6) is 0.645. The predicted molar refractivity (Wildman–Crippen MR) is 109 cm³/mol. The zero-order valence-corrected chi connectivity index (χ0v) is 17.0. The molecule has 1 aliphatic rings. The number of ether oxygens (including phenoxy) is 2. The van der Waals surface area contributed by atoms with Crippen LogP contribution in [0.3, 0.4) is 0 Å². The second kappa shape index (κ2) is 11.1. The number of ketones is 1. The fourth-order valence-electron chi connectivity index (χ4n) is 3.27. The lowest BCUT2D eigenvalue weighted by Gasteiger charge is -2.14. The zero-order valence-electron chi connectivity index (χ0n) is 17.0. The van der Waals surface area contributed by atoms with E-state index in [9.17, 15) is 9.90 Å². The number of phenols is 1. The number of epoxide rings is 1. The average molecular weight is 375 g/mol. The normalized spacial score (nSPS) is 18.8. The van der Waals surface area contributed by atoms with E-state index in [0.717, 1.165) is 31.2 Å². The van der Waals surface area contributed by atoms with Crippen molar-refractivity contribution in [3.8, 4) is 11.5 Å². The first-order chi connectivity index (χ1) is 13.1. The molecule has 0 saturated carbocycles. The van der Waals surface area contributed by atoms with Crippen LogP contribution in [-0.4, -0.2) is 29.7 Å². The molecule has 1 N–H and O–H groups in total. The SMILES string of the molecule is CCCC[C@@H]1O[C@H]1/C=C\CCCCOc1ccc(C(C)=O)c(O)c1CCC. The van der Waals surface area contributed by atoms with Gasteiger partial charge < -0.3 is 14.6 Å². The van der Waals surface area contributed by atoms with E-state index in [1.54, 1.807) is 6.07 Å². The molecule has 0 aliphatic carbocycles. The van der Waals surface area contributed by atoms with Gasteiger partial charge in [0.05, 0.1) is 18.3 Å². The molecule has 4 heteroatoms. The van der Waals surface area contributed by atoms with Gasteiger partial charge in [-0.25, -0.2) is 0 Å². The van der Waals surface area contributed by atoms with Gasteiger partial charge in [0.15, 0.2) is 5.78 Å². The van der Waals surface area contributed by atoms with E-state index in [0.29, 0.717) is 36.5 Å². The van der Waals surface area contributed by atoms with Gasteiger partial charge in [-0.3, -0.25) is 4.79 Å². The average Bonchev–Trinajstić information content (AvgIpc) is 3.39. The Bertz CT molecular complexity index is 636. The lowest BCUT2D eigenvalue weighted by Crippen LogP contribution is -2.03. The number of rotatable bonds is 13. The van der Waals surface area contributed by atoms with E-state index >= 15 is 0 Å². The van der Waals surface area contributed by atoms with Crippen molar-refractivity contribution >= 4 is 5.78 Å². The molecule has 150 valence electrons. The number of aromatic hydroxyl groups is 1. The van der Waals surface area contributed by atoms with Crippen LogP contribution >= 0.6 is 0 Å². The van der Waals surface area contributed by atoms with Gasteiger partial charge in [-0.05, 0) is 51.2 Å². The summed E-state index contributed by atoms with van der Waals surface area (Å²) in [6.07, 6.45) is 13.5. The van der Waals surface area contributed by atoms with Crippen LogP contribution in [0.1, 0.15) is 81.6 Å². The Morgan fingerprint density at radius 1 is 1.22 bits per heavy atom. The number of benzene rings is 1. The van der Waals surface area contributed by atoms with Crippen LogP contribution in [0.15, 0.2) is 24.3 Å². The molecule has 0 spiro atoms. The van der Waals surface area contributed by atoms with Crippen LogP contribution in [0.25, 0.3) is 0 Å². The van der Waals surface area contributed by atoms with Crippen molar-refractivity contribution in [2.24, 2.45) is 0 Å². The maximum absolute atomic E-state index is 11.6. The van der Waals surface area contributed by atoms with E-state index in [2.05, 4.69) is 19.1 Å². The molecule has 1 aliphatic heterocycles. The number of phenolic OH excluding ortho intramolecular Hbond substituents is 1. The molecule has 4 nitrogen and oxygen atoms in total. The van der Waals surface area contributed by atoms with Gasteiger partial charge in [0.25, 0.3) is 0 Å². The Hall–Kier alpha value is -1.81. The van der Waals surface area contributed by atoms with Crippen LogP contribution in [0.4, 0.5) is 0 Å². The Morgan fingerprint density at radius 2 is 2.04 bits per heavy atom. The number of allylic oxidation sites excluding steroid dienone is 1. The van der Waals surface area contributed by atoms with E-state index in [1.807, 2.05) is 13.0 Å². The van der Waals surface area contributed by atoms with Crippen molar-refractivity contribution in [2.75, 3.05) is 6.61 Å². The largest absolute Gasteiger partial charge is 0.507 e. The molecule has 0 radical (unpaired) electrons. The summed E-state index contributed by atoms with van der Waals surface area (Å²) in [7, 11) is 0. The first kappa shape index (κ1) is 21.5. The topological polar surface area (TPSA) is 59.1 Å². The highest BCUT2D eigenvalue weighted by Gasteiger charge is 2.35. The van der Waals surface area contributed by atoms with Gasteiger partial charge in [0.2, 0.25) is 0 Å². The van der Waals surface area contributed by atoms with E-state index in [1.165, 1.54) is 26.2 Å². The summed E-state index contributed by atoms with van der Waals surface area (Å²) in [6.45, 7) is 6.34. The van der Waals surface area contributed by atoms with Crippen molar-refractivity contribution in [3.05, 3.63) is 35.4 Å². The fraction of sp³-hybridized carbons (Fsp3) is 0.609. The first-order valence-corrected chi connectivity index (χ1v) is 10.4. The molecule has 1 aromatic carbocycles. The molecule has 27 heavy (non-hydrogen) atoms. The molecule has 2 atom stereocenters. The third-order valence-corrected chi connectivity index (χ3v) is 4.93. The van der Waals surface area contributed by atoms with Crippen molar-refractivity contribution in [2.45, 2.75) is 84.3 Å². The quantitative estimate of drug-likeness (QED) is 0.211. The monoisotopic (exact) mass is 374 g/mol. The van der Waals surface area contributed by atoms with Gasteiger partial charge in [0, 0.05) is 5.56 Å². The Balaban J connectivity index is 1.71. The minimum Gasteiger partial charge on any atom is -0.507 e. The summed E-state index contributed by atoms with van der Waals surface area (Å²) < 4.78 is 11.5. The van der Waals surface area contributed by atoms with Crippen molar-refractivity contribution in [1.29, 1.82) is 0 Å². The minimum atomic E-state index is -0.125. The second-order valence-corrected chi connectivity index (χ2v) is 7.30. The molecule has 1 aromatic rings. The summed E-state index contributed by atoms with van der Waals surface area (Å²) in [6, 6.07) is 3.46. The Kier molecular flexibility index (Phi) is 8.86. The van der Waals surface area contributed by atoms with Crippen LogP contribution in [0.2, 0.25) is 0 Å². The van der Waals surface area contributed by atoms with E-state index < -0.39 is 0 Å². The van der Waals surface area contributed by atoms with Gasteiger partial charge >= 0.3 is 0 Å². The highest BCUT2D eigenvalue weighted by molar-refractivity contribution is 5.97. The summed E-state index contributed by atoms with van der Waals surface area (Å²) >= 11 is 0. The molecule has 1 fully saturated rings. The molecular formula is C23H34O4. The highest BCUT2D eigenvalue weighted by Crippen LogP contribution is 2.33. The molecule has 0 amide bonds. The fourth-order valence-corrected chi connectivity index (χ4v) is 3.27. The van der Waals surface area contributed by atoms with Gasteiger partial charge in [-0.2, -0.15) is 0 Å². The number of carbonyl (C=O) groups excluding carboxylic acids is 1. The highest BCUT2D eigenvalue weighted by atomic mass is 16.6. The van der Waals surface area contributed by atoms with E-state index in [-0.39, 0.29) is 11.5 Å². The number of unbranched alkanes of at least 4 members (excludes halogenated alkanes) is 3. The van der Waals surface area contributed by atoms with Crippen molar-refractivity contribution < 1.29 is 19.4 Å². The summed E-state index contributed by atoms with van der Waals surface area (Å²) in [4.78, 5) is 11.6. The maximum atomic E-state index is 11.6. The zero-order chi connectivity index (χ0) is 19.6. The standard InChI is InChI=1S/C23H34O4/c1-4-6-12-21-22(27-21)13-9-7-8-10-16-26-20-15-14-18(17(3)24)23(25)19(20)11-5-2/h9,13-15,21-22,25H,4-8,10-12,16H2,1-3H3/b13-9-/t21-,22-/m0/s1. The smallest absolute Gasteiger partial charge is 0.163 e. The number of hydrogen-bond acceptors (Lipinski definition) is 4. The van der Waals surface area contributed by atoms with Crippen LogP contribution < -0.4 is 4.74 Å². The summed E-state index contributed by atoms with van der Waals surface area (Å²) in [5, 5.41) is 10.4. The van der Waals surface area contributed by atoms with Gasteiger partial charge in [0.1, 0.15) is 17.6 Å². The number of carbonyl (C=O) groups is 1. The molecule has 0 aromatic heterocycles. The molecule has 2 rings (SSSR count). The lowest BCUT2D eigenvalue weighted by atomic mass is 10.0. The first-order valence-electron chi connectivity index (χ1n) is 10.4. The van der Waals surface area contributed by atoms with Crippen molar-refractivity contribution in [3.63, 3.8) is 0 Å². The minimum absolute atomic E-state index is 0.0758. The Labute approximate surface area is 163 Å². The number of hydrogen-bond donors (Lipinski definition) is 1. The molecule has 1 heterocycles. The lowest BCUT2D eigenvalue weighted by molar-refractivity contribution is 0.101. The molecule has 0 unspecified atom stereocenters. The van der Waals surface area contributed by atoms with Crippen LogP contribution in [0.5, 0.6) is 11.5 Å². The molecule has 0 bridgehead atoms. The van der Waals surface area contributed by atoms with Gasteiger partial charge in [-0.15, -0.1) is 0 Å².